The zero-order valence-corrected chi connectivity index (χ0v) is 18.4. The fourth-order valence-electron chi connectivity index (χ4n) is 4.10. The average Bonchev–Trinajstić information content (AvgIpc) is 2.75. The van der Waals surface area contributed by atoms with Crippen molar-refractivity contribution in [3.05, 3.63) is 60.2 Å². The summed E-state index contributed by atoms with van der Waals surface area (Å²) in [6, 6.07) is 19.7. The maximum absolute atomic E-state index is 6.14. The Morgan fingerprint density at radius 1 is 1.00 bits per heavy atom. The number of likely N-dealkylation sites (N-methyl/N-ethyl adjacent to an activating group) is 1. The minimum atomic E-state index is 0.203. The van der Waals surface area contributed by atoms with Crippen molar-refractivity contribution in [1.82, 2.24) is 4.90 Å². The predicted octanol–water partition coefficient (Wildman–Crippen LogP) is 5.01. The van der Waals surface area contributed by atoms with Gasteiger partial charge in [-0.05, 0) is 36.7 Å². The number of rotatable bonds is 10. The van der Waals surface area contributed by atoms with Gasteiger partial charge in [0.05, 0.1) is 24.4 Å². The van der Waals surface area contributed by atoms with Crippen LogP contribution in [0.1, 0.15) is 39.3 Å². The Bertz CT molecular complexity index is 731. The number of para-hydroxylation sites is 2. The van der Waals surface area contributed by atoms with E-state index in [4.69, 9.17) is 9.47 Å². The third-order valence-corrected chi connectivity index (χ3v) is 5.63. The third-order valence-electron chi connectivity index (χ3n) is 5.63. The number of nitrogens with zero attached hydrogens (tertiary/aromatic N) is 2. The average molecular weight is 397 g/mol. The number of hydrogen-bond donors (Lipinski definition) is 0. The summed E-state index contributed by atoms with van der Waals surface area (Å²) >= 11 is 0. The lowest BCUT2D eigenvalue weighted by molar-refractivity contribution is 0.0505. The molecule has 0 fully saturated rings. The molecule has 1 heterocycles. The molecule has 0 aromatic heterocycles. The van der Waals surface area contributed by atoms with Gasteiger partial charge in [-0.3, -0.25) is 4.90 Å². The monoisotopic (exact) mass is 396 g/mol. The van der Waals surface area contributed by atoms with Crippen LogP contribution in [0.2, 0.25) is 0 Å². The quantitative estimate of drug-likeness (QED) is 0.564. The first-order valence-electron chi connectivity index (χ1n) is 11.0. The van der Waals surface area contributed by atoms with Gasteiger partial charge >= 0.3 is 0 Å². The van der Waals surface area contributed by atoms with E-state index in [1.807, 2.05) is 6.07 Å². The fraction of sp³-hybridized carbons (Fsp3) is 0.520. The first-order valence-corrected chi connectivity index (χ1v) is 11.0. The van der Waals surface area contributed by atoms with Gasteiger partial charge in [-0.1, -0.05) is 70.2 Å². The minimum absolute atomic E-state index is 0.203. The Hall–Kier alpha value is -2.04. The number of ether oxygens (including phenoxy) is 2. The lowest BCUT2D eigenvalue weighted by Gasteiger charge is -2.42. The molecule has 2 aromatic rings. The zero-order valence-electron chi connectivity index (χ0n) is 18.4. The van der Waals surface area contributed by atoms with Crippen LogP contribution in [0.5, 0.6) is 5.75 Å². The van der Waals surface area contributed by atoms with Gasteiger partial charge in [0.25, 0.3) is 0 Å². The van der Waals surface area contributed by atoms with Gasteiger partial charge in [0.2, 0.25) is 0 Å². The molecule has 0 amide bonds. The molecule has 2 aromatic carbocycles. The first kappa shape index (κ1) is 21.7. The fourth-order valence-corrected chi connectivity index (χ4v) is 4.10. The summed E-state index contributed by atoms with van der Waals surface area (Å²) in [7, 11) is 0. The first-order chi connectivity index (χ1) is 14.1. The number of hydrogen-bond acceptors (Lipinski definition) is 4. The third kappa shape index (κ3) is 5.52. The van der Waals surface area contributed by atoms with Gasteiger partial charge in [-0.2, -0.15) is 0 Å². The molecule has 0 saturated carbocycles. The number of anilines is 1. The van der Waals surface area contributed by atoms with Crippen LogP contribution in [0.15, 0.2) is 54.6 Å². The van der Waals surface area contributed by atoms with E-state index in [0.29, 0.717) is 18.6 Å². The Balaban J connectivity index is 1.88. The van der Waals surface area contributed by atoms with Crippen LogP contribution in [-0.4, -0.2) is 50.4 Å². The van der Waals surface area contributed by atoms with E-state index < -0.39 is 0 Å². The van der Waals surface area contributed by atoms with Gasteiger partial charge in [-0.15, -0.1) is 0 Å². The van der Waals surface area contributed by atoms with Crippen LogP contribution >= 0.6 is 0 Å². The smallest absolute Gasteiger partial charge is 0.142 e. The Kier molecular flexibility index (Phi) is 7.96. The van der Waals surface area contributed by atoms with Crippen LogP contribution in [0.4, 0.5) is 5.69 Å². The van der Waals surface area contributed by atoms with Crippen molar-refractivity contribution in [1.29, 1.82) is 0 Å². The molecule has 1 aliphatic heterocycles. The number of benzene rings is 2. The molecule has 3 rings (SSSR count). The largest absolute Gasteiger partial charge is 0.489 e. The molecular formula is C25H36N2O2. The summed E-state index contributed by atoms with van der Waals surface area (Å²) in [5, 5.41) is 0. The van der Waals surface area contributed by atoms with E-state index in [9.17, 15) is 0 Å². The topological polar surface area (TPSA) is 24.9 Å². The maximum Gasteiger partial charge on any atom is 0.142 e. The van der Waals surface area contributed by atoms with E-state index in [1.54, 1.807) is 0 Å². The van der Waals surface area contributed by atoms with Crippen molar-refractivity contribution in [3.63, 3.8) is 0 Å². The van der Waals surface area contributed by atoms with Crippen LogP contribution in [0, 0.1) is 5.92 Å². The molecular weight excluding hydrogens is 360 g/mol. The highest BCUT2D eigenvalue weighted by atomic mass is 16.5. The highest BCUT2D eigenvalue weighted by Gasteiger charge is 2.31. The van der Waals surface area contributed by atoms with Gasteiger partial charge in [0.1, 0.15) is 12.4 Å². The van der Waals surface area contributed by atoms with Gasteiger partial charge in [-0.25, -0.2) is 0 Å². The van der Waals surface area contributed by atoms with E-state index in [0.717, 1.165) is 38.6 Å². The van der Waals surface area contributed by atoms with Crippen molar-refractivity contribution in [3.8, 4) is 5.75 Å². The molecule has 2 atom stereocenters. The van der Waals surface area contributed by atoms with Gasteiger partial charge in [0.15, 0.2) is 0 Å². The van der Waals surface area contributed by atoms with Crippen molar-refractivity contribution >= 4 is 5.69 Å². The molecule has 158 valence electrons. The van der Waals surface area contributed by atoms with E-state index in [2.05, 4.69) is 86.0 Å². The summed E-state index contributed by atoms with van der Waals surface area (Å²) in [6.07, 6.45) is 0. The summed E-state index contributed by atoms with van der Waals surface area (Å²) in [5.74, 6) is 1.52. The van der Waals surface area contributed by atoms with Crippen LogP contribution in [-0.2, 0) is 4.74 Å². The normalized spacial score (nSPS) is 17.3. The standard InChI is InChI=1S/C25H36N2O2/c1-5-26(6-2)22(18-28-17-20(3)4)16-27-23-14-10-11-15-25(23)29-19-24(27)21-12-8-7-9-13-21/h7-15,20,22,24H,5-6,16-19H2,1-4H3. The summed E-state index contributed by atoms with van der Waals surface area (Å²) < 4.78 is 12.3. The zero-order chi connectivity index (χ0) is 20.6. The SMILES string of the molecule is CCN(CC)C(COCC(C)C)CN1c2ccccc2OCC1c1ccccc1. The molecule has 1 aliphatic rings. The van der Waals surface area contributed by atoms with Crippen molar-refractivity contribution < 1.29 is 9.47 Å². The highest BCUT2D eigenvalue weighted by molar-refractivity contribution is 5.61. The molecule has 4 nitrogen and oxygen atoms in total. The second-order valence-electron chi connectivity index (χ2n) is 8.16. The molecule has 0 N–H and O–H groups in total. The Morgan fingerprint density at radius 2 is 1.69 bits per heavy atom. The van der Waals surface area contributed by atoms with E-state index in [-0.39, 0.29) is 6.04 Å². The van der Waals surface area contributed by atoms with E-state index in [1.165, 1.54) is 11.3 Å². The summed E-state index contributed by atoms with van der Waals surface area (Å²) in [4.78, 5) is 5.04. The van der Waals surface area contributed by atoms with Gasteiger partial charge in [0, 0.05) is 13.2 Å². The van der Waals surface area contributed by atoms with Crippen LogP contribution in [0.3, 0.4) is 0 Å². The van der Waals surface area contributed by atoms with Crippen LogP contribution in [0.25, 0.3) is 0 Å². The summed E-state index contributed by atoms with van der Waals surface area (Å²) in [6.45, 7) is 14.1. The van der Waals surface area contributed by atoms with E-state index >= 15 is 0 Å². The minimum Gasteiger partial charge on any atom is -0.489 e. The molecule has 0 aliphatic carbocycles. The number of fused-ring (bicyclic) bond motifs is 1. The van der Waals surface area contributed by atoms with Crippen LogP contribution < -0.4 is 9.64 Å². The molecule has 29 heavy (non-hydrogen) atoms. The summed E-state index contributed by atoms with van der Waals surface area (Å²) in [5.41, 5.74) is 2.47. The molecule has 2 unspecified atom stereocenters. The molecule has 4 heteroatoms. The molecule has 0 radical (unpaired) electrons. The Labute approximate surface area is 176 Å². The predicted molar refractivity (Wildman–Crippen MR) is 121 cm³/mol. The Morgan fingerprint density at radius 3 is 2.38 bits per heavy atom. The van der Waals surface area contributed by atoms with Crippen molar-refractivity contribution in [2.75, 3.05) is 44.4 Å². The van der Waals surface area contributed by atoms with Crippen molar-refractivity contribution in [2.45, 2.75) is 39.8 Å². The molecule has 0 bridgehead atoms. The lowest BCUT2D eigenvalue weighted by Crippen LogP contribution is -2.49. The van der Waals surface area contributed by atoms with Gasteiger partial charge < -0.3 is 14.4 Å². The lowest BCUT2D eigenvalue weighted by atomic mass is 10.0. The second-order valence-corrected chi connectivity index (χ2v) is 8.16. The molecule has 0 saturated heterocycles. The van der Waals surface area contributed by atoms with Crippen molar-refractivity contribution in [2.24, 2.45) is 5.92 Å². The molecule has 0 spiro atoms. The highest BCUT2D eigenvalue weighted by Crippen LogP contribution is 2.39. The second kappa shape index (κ2) is 10.7. The maximum atomic E-state index is 6.14.